The van der Waals surface area contributed by atoms with Crippen LogP contribution in [0.5, 0.6) is 0 Å². The Labute approximate surface area is 77.2 Å². The fourth-order valence-electron chi connectivity index (χ4n) is 1.10. The van der Waals surface area contributed by atoms with Crippen LogP contribution in [-0.2, 0) is 9.53 Å². The quantitative estimate of drug-likeness (QED) is 0.660. The predicted octanol–water partition coefficient (Wildman–Crippen LogP) is 1.15. The Morgan fingerprint density at radius 3 is 2.83 bits per heavy atom. The van der Waals surface area contributed by atoms with Gasteiger partial charge in [0.25, 0.3) is 0 Å². The molecule has 1 rings (SSSR count). The lowest BCUT2D eigenvalue weighted by molar-refractivity contribution is -0.145. The standard InChI is InChI=1S/C8H14NO2S/c1-4-11-7(10)6-8(2,3)12-5-9-6/h5-6,9H,4H2,1-3H3/t6-/m0/s1. The zero-order valence-corrected chi connectivity index (χ0v) is 8.40. The van der Waals surface area contributed by atoms with Crippen LogP contribution in [0.3, 0.4) is 0 Å². The highest BCUT2D eigenvalue weighted by atomic mass is 32.2. The Hall–Kier alpha value is -0.220. The molecule has 0 aromatic heterocycles. The van der Waals surface area contributed by atoms with Gasteiger partial charge in [0.2, 0.25) is 0 Å². The van der Waals surface area contributed by atoms with Crippen molar-refractivity contribution in [3.8, 4) is 0 Å². The molecule has 0 bridgehead atoms. The molecular formula is C8H14NO2S. The fourth-order valence-corrected chi connectivity index (χ4v) is 1.91. The summed E-state index contributed by atoms with van der Waals surface area (Å²) in [6, 6.07) is -0.206. The van der Waals surface area contributed by atoms with Crippen LogP contribution in [0.1, 0.15) is 20.8 Å². The molecule has 1 atom stereocenters. The zero-order chi connectivity index (χ0) is 9.19. The summed E-state index contributed by atoms with van der Waals surface area (Å²) < 4.78 is 4.84. The number of thioether (sulfide) groups is 1. The maximum absolute atomic E-state index is 11.3. The van der Waals surface area contributed by atoms with Gasteiger partial charge >= 0.3 is 5.97 Å². The summed E-state index contributed by atoms with van der Waals surface area (Å²) in [5.41, 5.74) is 0. The third-order valence-corrected chi connectivity index (χ3v) is 2.91. The first-order valence-corrected chi connectivity index (χ1v) is 4.88. The van der Waals surface area contributed by atoms with E-state index in [9.17, 15) is 4.79 Å². The third-order valence-electron chi connectivity index (χ3n) is 1.81. The van der Waals surface area contributed by atoms with Crippen LogP contribution in [0, 0.1) is 5.88 Å². The number of nitrogens with one attached hydrogen (secondary N) is 1. The van der Waals surface area contributed by atoms with Gasteiger partial charge in [-0.05, 0) is 20.8 Å². The Morgan fingerprint density at radius 2 is 2.42 bits per heavy atom. The third kappa shape index (κ3) is 1.93. The lowest BCUT2D eigenvalue weighted by Crippen LogP contribution is -2.44. The number of carbonyl (C=O) groups excluding carboxylic acids is 1. The summed E-state index contributed by atoms with van der Waals surface area (Å²) in [6.45, 7) is 6.31. The molecule has 1 N–H and O–H groups in total. The predicted molar refractivity (Wildman–Crippen MR) is 49.5 cm³/mol. The number of hydrogen-bond acceptors (Lipinski definition) is 4. The largest absolute Gasteiger partial charge is 0.465 e. The molecule has 1 aliphatic heterocycles. The van der Waals surface area contributed by atoms with Crippen molar-refractivity contribution >= 4 is 17.7 Å². The molecule has 1 fully saturated rings. The zero-order valence-electron chi connectivity index (χ0n) is 7.59. The molecule has 0 amide bonds. The molecule has 1 saturated heterocycles. The van der Waals surface area contributed by atoms with E-state index in [-0.39, 0.29) is 16.8 Å². The van der Waals surface area contributed by atoms with Crippen molar-refractivity contribution in [1.29, 1.82) is 0 Å². The van der Waals surface area contributed by atoms with Gasteiger partial charge < -0.3 is 4.74 Å². The lowest BCUT2D eigenvalue weighted by atomic mass is 10.0. The lowest BCUT2D eigenvalue weighted by Gasteiger charge is -2.22. The maximum Gasteiger partial charge on any atom is 0.324 e. The van der Waals surface area contributed by atoms with Gasteiger partial charge in [0.1, 0.15) is 6.04 Å². The van der Waals surface area contributed by atoms with E-state index in [2.05, 4.69) is 5.32 Å². The van der Waals surface area contributed by atoms with Crippen LogP contribution in [0.2, 0.25) is 0 Å². The molecule has 0 aromatic rings. The summed E-state index contributed by atoms with van der Waals surface area (Å²) in [7, 11) is 0. The second-order valence-corrected chi connectivity index (χ2v) is 4.71. The van der Waals surface area contributed by atoms with Crippen LogP contribution in [-0.4, -0.2) is 23.4 Å². The molecule has 69 valence electrons. The molecule has 0 aliphatic carbocycles. The summed E-state index contributed by atoms with van der Waals surface area (Å²) in [5, 5.41) is 2.99. The first kappa shape index (κ1) is 9.86. The van der Waals surface area contributed by atoms with Crippen molar-refractivity contribution in [2.24, 2.45) is 0 Å². The molecular weight excluding hydrogens is 174 g/mol. The minimum atomic E-state index is -0.206. The minimum Gasteiger partial charge on any atom is -0.465 e. The van der Waals surface area contributed by atoms with Gasteiger partial charge in [0.05, 0.1) is 12.5 Å². The Bertz CT molecular complexity index is 182. The molecule has 0 unspecified atom stereocenters. The smallest absolute Gasteiger partial charge is 0.324 e. The highest BCUT2D eigenvalue weighted by molar-refractivity contribution is 8.02. The topological polar surface area (TPSA) is 38.3 Å². The molecule has 1 heterocycles. The normalized spacial score (nSPS) is 27.1. The van der Waals surface area contributed by atoms with E-state index < -0.39 is 0 Å². The van der Waals surface area contributed by atoms with Crippen molar-refractivity contribution in [3.05, 3.63) is 5.88 Å². The summed E-state index contributed by atoms with van der Waals surface area (Å²) in [4.78, 5) is 11.3. The van der Waals surface area contributed by atoms with E-state index in [0.29, 0.717) is 6.61 Å². The summed E-state index contributed by atoms with van der Waals surface area (Å²) in [5.74, 6) is 1.69. The maximum atomic E-state index is 11.3. The number of ether oxygens (including phenoxy) is 1. The van der Waals surface area contributed by atoms with E-state index >= 15 is 0 Å². The van der Waals surface area contributed by atoms with E-state index in [1.54, 1.807) is 11.8 Å². The number of carbonyl (C=O) groups is 1. The van der Waals surface area contributed by atoms with Crippen molar-refractivity contribution < 1.29 is 9.53 Å². The van der Waals surface area contributed by atoms with Gasteiger partial charge in [-0.25, -0.2) is 0 Å². The summed E-state index contributed by atoms with van der Waals surface area (Å²) >= 11 is 1.62. The second kappa shape index (κ2) is 3.66. The van der Waals surface area contributed by atoms with Crippen molar-refractivity contribution in [1.82, 2.24) is 5.32 Å². The average molecular weight is 188 g/mol. The first-order valence-electron chi connectivity index (χ1n) is 4.00. The van der Waals surface area contributed by atoms with Crippen molar-refractivity contribution in [2.75, 3.05) is 6.61 Å². The fraction of sp³-hybridized carbons (Fsp3) is 0.750. The Balaban J connectivity index is 2.56. The van der Waals surface area contributed by atoms with Crippen molar-refractivity contribution in [3.63, 3.8) is 0 Å². The van der Waals surface area contributed by atoms with Crippen LogP contribution >= 0.6 is 11.8 Å². The first-order chi connectivity index (χ1) is 5.58. The molecule has 0 aromatic carbocycles. The summed E-state index contributed by atoms with van der Waals surface area (Å²) in [6.07, 6.45) is 0. The van der Waals surface area contributed by atoms with E-state index in [1.807, 2.05) is 26.6 Å². The Morgan fingerprint density at radius 1 is 1.75 bits per heavy atom. The van der Waals surface area contributed by atoms with Crippen LogP contribution < -0.4 is 5.32 Å². The molecule has 0 saturated carbocycles. The Kier molecular flexibility index (Phi) is 3.01. The van der Waals surface area contributed by atoms with E-state index in [1.165, 1.54) is 0 Å². The number of esters is 1. The highest BCUT2D eigenvalue weighted by Crippen LogP contribution is 2.35. The molecule has 12 heavy (non-hydrogen) atoms. The number of rotatable bonds is 2. The van der Waals surface area contributed by atoms with Gasteiger partial charge in [0.15, 0.2) is 0 Å². The minimum absolute atomic E-state index is 0.0910. The molecule has 3 nitrogen and oxygen atoms in total. The number of hydrogen-bond donors (Lipinski definition) is 1. The van der Waals surface area contributed by atoms with Crippen LogP contribution in [0.4, 0.5) is 0 Å². The van der Waals surface area contributed by atoms with Crippen LogP contribution in [0.15, 0.2) is 0 Å². The molecule has 1 aliphatic rings. The van der Waals surface area contributed by atoms with Gasteiger partial charge in [-0.1, -0.05) is 0 Å². The van der Waals surface area contributed by atoms with Gasteiger partial charge in [-0.2, -0.15) is 0 Å². The SMILES string of the molecule is CCOC(=O)[C@@H]1N[CH]SC1(C)C. The molecule has 0 spiro atoms. The van der Waals surface area contributed by atoms with Gasteiger partial charge in [-0.3, -0.25) is 10.1 Å². The van der Waals surface area contributed by atoms with Gasteiger partial charge in [0, 0.05) is 4.75 Å². The molecule has 1 radical (unpaired) electrons. The second-order valence-electron chi connectivity index (χ2n) is 3.19. The van der Waals surface area contributed by atoms with Crippen molar-refractivity contribution in [2.45, 2.75) is 31.6 Å². The highest BCUT2D eigenvalue weighted by Gasteiger charge is 2.41. The van der Waals surface area contributed by atoms with E-state index in [0.717, 1.165) is 0 Å². The van der Waals surface area contributed by atoms with E-state index in [4.69, 9.17) is 4.74 Å². The van der Waals surface area contributed by atoms with Gasteiger partial charge in [-0.15, -0.1) is 11.8 Å². The molecule has 4 heteroatoms. The monoisotopic (exact) mass is 188 g/mol. The average Bonchev–Trinajstić information content (AvgIpc) is 2.30. The van der Waals surface area contributed by atoms with Crippen LogP contribution in [0.25, 0.3) is 0 Å².